The first kappa shape index (κ1) is 16.9. The summed E-state index contributed by atoms with van der Waals surface area (Å²) in [7, 11) is 0. The van der Waals surface area contributed by atoms with Crippen molar-refractivity contribution in [3.8, 4) is 0 Å². The van der Waals surface area contributed by atoms with Gasteiger partial charge < -0.3 is 9.80 Å². The van der Waals surface area contributed by atoms with Crippen LogP contribution in [0.15, 0.2) is 30.3 Å². The van der Waals surface area contributed by atoms with Crippen molar-refractivity contribution in [2.24, 2.45) is 5.41 Å². The van der Waals surface area contributed by atoms with E-state index in [4.69, 9.17) is 0 Å². The van der Waals surface area contributed by atoms with E-state index in [-0.39, 0.29) is 11.3 Å². The van der Waals surface area contributed by atoms with Crippen molar-refractivity contribution in [1.29, 1.82) is 0 Å². The fourth-order valence-corrected chi connectivity index (χ4v) is 3.92. The molecule has 2 fully saturated rings. The number of nitrogens with zero attached hydrogens (tertiary/aromatic N) is 2. The molecule has 0 N–H and O–H groups in total. The summed E-state index contributed by atoms with van der Waals surface area (Å²) < 4.78 is 14.5. The molecule has 0 radical (unpaired) electrons. The third-order valence-electron chi connectivity index (χ3n) is 5.57. The normalized spacial score (nSPS) is 21.8. The van der Waals surface area contributed by atoms with E-state index >= 15 is 0 Å². The second kappa shape index (κ2) is 6.91. The molecule has 3 rings (SSSR count). The van der Waals surface area contributed by atoms with Gasteiger partial charge in [0.15, 0.2) is 0 Å². The van der Waals surface area contributed by atoms with Gasteiger partial charge in [0.05, 0.1) is 0 Å². The fourth-order valence-electron chi connectivity index (χ4n) is 3.92. The highest BCUT2D eigenvalue weighted by atomic mass is 19.1. The van der Waals surface area contributed by atoms with Gasteiger partial charge in [-0.15, -0.1) is 0 Å². The summed E-state index contributed by atoms with van der Waals surface area (Å²) in [5.41, 5.74) is 0.530. The molecule has 2 saturated heterocycles. The second-order valence-electron chi connectivity index (χ2n) is 7.01. The average molecular weight is 332 g/mol. The number of halogens is 1. The predicted octanol–water partition coefficient (Wildman–Crippen LogP) is 2.95. The molecular weight excluding hydrogens is 307 g/mol. The van der Waals surface area contributed by atoms with Crippen molar-refractivity contribution in [3.05, 3.63) is 35.9 Å². The summed E-state index contributed by atoms with van der Waals surface area (Å²) in [4.78, 5) is 27.9. The van der Waals surface area contributed by atoms with Crippen molar-refractivity contribution in [2.75, 3.05) is 26.2 Å². The summed E-state index contributed by atoms with van der Waals surface area (Å²) >= 11 is 0. The summed E-state index contributed by atoms with van der Waals surface area (Å²) in [5, 5.41) is 0. The van der Waals surface area contributed by atoms with Crippen LogP contribution in [-0.2, 0) is 9.59 Å². The van der Waals surface area contributed by atoms with Gasteiger partial charge in [-0.1, -0.05) is 30.3 Å². The van der Waals surface area contributed by atoms with E-state index in [1.54, 1.807) is 29.2 Å². The van der Waals surface area contributed by atoms with Gasteiger partial charge in [0.25, 0.3) is 5.91 Å². The SMILES string of the molecule is CCN1CC2(CCC1=O)CCN(C(=O)[C@@H](F)c1ccccc1)CC2. The Bertz CT molecular complexity index is 597. The Morgan fingerprint density at radius 2 is 1.88 bits per heavy atom. The van der Waals surface area contributed by atoms with Crippen molar-refractivity contribution < 1.29 is 14.0 Å². The number of benzene rings is 1. The molecule has 2 aliphatic rings. The lowest BCUT2D eigenvalue weighted by Crippen LogP contribution is -2.52. The summed E-state index contributed by atoms with van der Waals surface area (Å²) in [6.07, 6.45) is 1.61. The van der Waals surface area contributed by atoms with E-state index in [1.807, 2.05) is 17.9 Å². The maximum Gasteiger partial charge on any atom is 0.261 e. The van der Waals surface area contributed by atoms with Crippen molar-refractivity contribution >= 4 is 11.8 Å². The monoisotopic (exact) mass is 332 g/mol. The molecule has 2 aliphatic heterocycles. The van der Waals surface area contributed by atoms with Gasteiger partial charge in [-0.25, -0.2) is 4.39 Å². The Balaban J connectivity index is 1.61. The smallest absolute Gasteiger partial charge is 0.261 e. The van der Waals surface area contributed by atoms with Gasteiger partial charge in [0, 0.05) is 32.6 Å². The van der Waals surface area contributed by atoms with E-state index in [0.717, 1.165) is 32.4 Å². The van der Waals surface area contributed by atoms with Gasteiger partial charge in [0.2, 0.25) is 12.1 Å². The molecule has 4 nitrogen and oxygen atoms in total. The minimum Gasteiger partial charge on any atom is -0.342 e. The number of amides is 2. The molecule has 1 atom stereocenters. The standard InChI is InChI=1S/C19H25FN2O2/c1-2-21-14-19(9-8-16(21)23)10-12-22(13-11-19)18(24)17(20)15-6-4-3-5-7-15/h3-7,17H,2,8-14H2,1H3/t17-/m0/s1. The Morgan fingerprint density at radius 3 is 2.50 bits per heavy atom. The van der Waals surface area contributed by atoms with Crippen molar-refractivity contribution in [2.45, 2.75) is 38.8 Å². The molecule has 130 valence electrons. The number of hydrogen-bond donors (Lipinski definition) is 0. The zero-order chi connectivity index (χ0) is 17.2. The lowest BCUT2D eigenvalue weighted by molar-refractivity contribution is -0.144. The summed E-state index contributed by atoms with van der Waals surface area (Å²) in [6, 6.07) is 8.62. The van der Waals surface area contributed by atoms with Crippen LogP contribution in [0, 0.1) is 5.41 Å². The molecule has 0 unspecified atom stereocenters. The molecule has 0 aromatic heterocycles. The Morgan fingerprint density at radius 1 is 1.21 bits per heavy atom. The first-order valence-electron chi connectivity index (χ1n) is 8.80. The second-order valence-corrected chi connectivity index (χ2v) is 7.01. The van der Waals surface area contributed by atoms with Crippen LogP contribution in [-0.4, -0.2) is 47.8 Å². The molecule has 1 aromatic rings. The first-order chi connectivity index (χ1) is 11.5. The summed E-state index contributed by atoms with van der Waals surface area (Å²) in [6.45, 7) is 4.69. The van der Waals surface area contributed by atoms with Crippen LogP contribution in [0.25, 0.3) is 0 Å². The van der Waals surface area contributed by atoms with Crippen LogP contribution in [0.1, 0.15) is 44.3 Å². The molecule has 24 heavy (non-hydrogen) atoms. The Hall–Kier alpha value is -1.91. The van der Waals surface area contributed by atoms with Gasteiger partial charge in [0.1, 0.15) is 0 Å². The number of alkyl halides is 1. The molecule has 0 aliphatic carbocycles. The molecular formula is C19H25FN2O2. The lowest BCUT2D eigenvalue weighted by Gasteiger charge is -2.47. The van der Waals surface area contributed by atoms with E-state index in [0.29, 0.717) is 25.1 Å². The molecule has 1 spiro atoms. The molecule has 0 saturated carbocycles. The van der Waals surface area contributed by atoms with Gasteiger partial charge in [-0.05, 0) is 37.2 Å². The maximum atomic E-state index is 14.5. The zero-order valence-electron chi connectivity index (χ0n) is 14.2. The highest BCUT2D eigenvalue weighted by Gasteiger charge is 2.42. The fraction of sp³-hybridized carbons (Fsp3) is 0.579. The van der Waals surface area contributed by atoms with Crippen LogP contribution >= 0.6 is 0 Å². The highest BCUT2D eigenvalue weighted by Crippen LogP contribution is 2.40. The van der Waals surface area contributed by atoms with E-state index in [9.17, 15) is 14.0 Å². The van der Waals surface area contributed by atoms with Crippen molar-refractivity contribution in [3.63, 3.8) is 0 Å². The van der Waals surface area contributed by atoms with Crippen LogP contribution in [0.3, 0.4) is 0 Å². The Kier molecular flexibility index (Phi) is 4.88. The minimum atomic E-state index is -1.58. The third kappa shape index (κ3) is 3.30. The van der Waals surface area contributed by atoms with Gasteiger partial charge >= 0.3 is 0 Å². The first-order valence-corrected chi connectivity index (χ1v) is 8.80. The highest BCUT2D eigenvalue weighted by molar-refractivity contribution is 5.82. The van der Waals surface area contributed by atoms with Gasteiger partial charge in [-0.3, -0.25) is 9.59 Å². The Labute approximate surface area is 142 Å². The van der Waals surface area contributed by atoms with Crippen LogP contribution in [0.5, 0.6) is 0 Å². The molecule has 2 amide bonds. The van der Waals surface area contributed by atoms with Crippen LogP contribution in [0.4, 0.5) is 4.39 Å². The number of hydrogen-bond acceptors (Lipinski definition) is 2. The molecule has 1 aromatic carbocycles. The number of carbonyl (C=O) groups is 2. The topological polar surface area (TPSA) is 40.6 Å². The predicted molar refractivity (Wildman–Crippen MR) is 90.0 cm³/mol. The number of likely N-dealkylation sites (tertiary alicyclic amines) is 2. The number of carbonyl (C=O) groups excluding carboxylic acids is 2. The number of rotatable bonds is 3. The lowest BCUT2D eigenvalue weighted by atomic mass is 9.72. The quantitative estimate of drug-likeness (QED) is 0.854. The summed E-state index contributed by atoms with van der Waals surface area (Å²) in [5.74, 6) is -0.204. The molecule has 0 bridgehead atoms. The van der Waals surface area contributed by atoms with E-state index in [1.165, 1.54) is 0 Å². The van der Waals surface area contributed by atoms with Crippen LogP contribution < -0.4 is 0 Å². The molecule has 2 heterocycles. The van der Waals surface area contributed by atoms with Gasteiger partial charge in [-0.2, -0.15) is 0 Å². The van der Waals surface area contributed by atoms with Crippen LogP contribution in [0.2, 0.25) is 0 Å². The average Bonchev–Trinajstić information content (AvgIpc) is 2.64. The largest absolute Gasteiger partial charge is 0.342 e. The molecule has 5 heteroatoms. The zero-order valence-corrected chi connectivity index (χ0v) is 14.2. The maximum absolute atomic E-state index is 14.5. The van der Waals surface area contributed by atoms with E-state index in [2.05, 4.69) is 0 Å². The third-order valence-corrected chi connectivity index (χ3v) is 5.57. The number of piperidine rings is 2. The van der Waals surface area contributed by atoms with Crippen molar-refractivity contribution in [1.82, 2.24) is 9.80 Å². The minimum absolute atomic E-state index is 0.110. The van der Waals surface area contributed by atoms with E-state index < -0.39 is 12.1 Å².